The Morgan fingerprint density at radius 1 is 0.771 bits per heavy atom. The normalized spacial score (nSPS) is 15.5. The van der Waals surface area contributed by atoms with Gasteiger partial charge in [-0.15, -0.1) is 0 Å². The lowest BCUT2D eigenvalue weighted by Crippen LogP contribution is -2.39. The van der Waals surface area contributed by atoms with Gasteiger partial charge >= 0.3 is 0 Å². The van der Waals surface area contributed by atoms with Crippen molar-refractivity contribution < 1.29 is 10.2 Å². The number of nitrogens with zero attached hydrogens (tertiary/aromatic N) is 1. The van der Waals surface area contributed by atoms with E-state index >= 15 is 0 Å². The molecule has 0 aliphatic carbocycles. The monoisotopic (exact) mass is 469 g/mol. The Hall–Kier alpha value is -2.72. The Balaban J connectivity index is 1.78. The van der Waals surface area contributed by atoms with Crippen molar-refractivity contribution in [2.75, 3.05) is 19.7 Å². The Kier molecular flexibility index (Phi) is 8.56. The average Bonchev–Trinajstić information content (AvgIpc) is 2.92. The van der Waals surface area contributed by atoms with Crippen molar-refractivity contribution >= 4 is 11.1 Å². The van der Waals surface area contributed by atoms with Crippen molar-refractivity contribution in [2.24, 2.45) is 0 Å². The summed E-state index contributed by atoms with van der Waals surface area (Å²) >= 11 is 0. The van der Waals surface area contributed by atoms with Gasteiger partial charge in [0.1, 0.15) is 6.23 Å². The molecular formula is C32H39NO2. The second kappa shape index (κ2) is 11.8. The van der Waals surface area contributed by atoms with Crippen molar-refractivity contribution in [3.63, 3.8) is 0 Å². The molecule has 4 rings (SSSR count). The number of likely N-dealkylation sites (tertiary alicyclic amines) is 1. The molecule has 0 radical (unpaired) electrons. The Morgan fingerprint density at radius 2 is 1.31 bits per heavy atom. The fourth-order valence-corrected chi connectivity index (χ4v) is 5.02. The average molecular weight is 470 g/mol. The molecule has 3 aromatic carbocycles. The molecule has 3 heteroatoms. The largest absolute Gasteiger partial charge is 0.395 e. The fourth-order valence-electron chi connectivity index (χ4n) is 5.02. The highest BCUT2D eigenvalue weighted by atomic mass is 16.3. The minimum absolute atomic E-state index is 0.107. The second-order valence-electron chi connectivity index (χ2n) is 10.3. The molecule has 0 aromatic heterocycles. The maximum atomic E-state index is 11.1. The van der Waals surface area contributed by atoms with E-state index in [9.17, 15) is 10.2 Å². The van der Waals surface area contributed by atoms with Gasteiger partial charge in [-0.25, -0.2) is 0 Å². The number of piperidine rings is 1. The summed E-state index contributed by atoms with van der Waals surface area (Å²) in [5.74, 6) is 0. The molecule has 3 nitrogen and oxygen atoms in total. The topological polar surface area (TPSA) is 43.7 Å². The van der Waals surface area contributed by atoms with E-state index in [2.05, 4.69) is 104 Å². The number of allylic oxidation sites excluding steroid dienone is 1. The highest BCUT2D eigenvalue weighted by Gasteiger charge is 2.22. The Labute approximate surface area is 210 Å². The molecule has 184 valence electrons. The first-order valence-corrected chi connectivity index (χ1v) is 13.0. The lowest BCUT2D eigenvalue weighted by atomic mass is 9.83. The number of hydrogen-bond donors (Lipinski definition) is 2. The van der Waals surface area contributed by atoms with Gasteiger partial charge in [-0.3, -0.25) is 4.90 Å². The molecule has 1 heterocycles. The highest BCUT2D eigenvalue weighted by molar-refractivity contribution is 5.98. The van der Waals surface area contributed by atoms with Crippen LogP contribution in [0.25, 0.3) is 11.1 Å². The van der Waals surface area contributed by atoms with Crippen molar-refractivity contribution in [3.05, 3.63) is 107 Å². The molecule has 1 aliphatic heterocycles. The van der Waals surface area contributed by atoms with E-state index in [0.29, 0.717) is 6.42 Å². The molecule has 2 N–H and O–H groups in total. The summed E-state index contributed by atoms with van der Waals surface area (Å²) in [5.41, 5.74) is 6.82. The van der Waals surface area contributed by atoms with Gasteiger partial charge in [0.2, 0.25) is 0 Å². The van der Waals surface area contributed by atoms with Crippen molar-refractivity contribution in [1.82, 2.24) is 4.90 Å². The van der Waals surface area contributed by atoms with E-state index in [0.717, 1.165) is 30.6 Å². The summed E-state index contributed by atoms with van der Waals surface area (Å²) in [6.45, 7) is 6.20. The van der Waals surface area contributed by atoms with Crippen LogP contribution in [0.3, 0.4) is 0 Å². The van der Waals surface area contributed by atoms with E-state index in [1.165, 1.54) is 41.5 Å². The molecule has 35 heavy (non-hydrogen) atoms. The van der Waals surface area contributed by atoms with E-state index in [-0.39, 0.29) is 12.0 Å². The predicted molar refractivity (Wildman–Crippen MR) is 146 cm³/mol. The smallest absolute Gasteiger partial charge is 0.107 e. The van der Waals surface area contributed by atoms with Crippen LogP contribution in [0, 0.1) is 0 Å². The molecule has 1 aliphatic rings. The first-order chi connectivity index (χ1) is 17.0. The van der Waals surface area contributed by atoms with Crippen LogP contribution in [-0.2, 0) is 5.41 Å². The van der Waals surface area contributed by atoms with Crippen LogP contribution in [0.1, 0.15) is 68.2 Å². The minimum atomic E-state index is -0.425. The maximum Gasteiger partial charge on any atom is 0.107 e. The third-order valence-corrected chi connectivity index (χ3v) is 7.30. The van der Waals surface area contributed by atoms with E-state index < -0.39 is 6.23 Å². The molecule has 0 saturated carbocycles. The maximum absolute atomic E-state index is 11.1. The second-order valence-corrected chi connectivity index (χ2v) is 10.3. The van der Waals surface area contributed by atoms with Crippen molar-refractivity contribution in [2.45, 2.75) is 57.6 Å². The zero-order chi connectivity index (χ0) is 24.7. The zero-order valence-electron chi connectivity index (χ0n) is 21.2. The zero-order valence-corrected chi connectivity index (χ0v) is 21.2. The molecule has 0 spiro atoms. The summed E-state index contributed by atoms with van der Waals surface area (Å²) in [6, 6.07) is 29.8. The molecule has 1 fully saturated rings. The number of hydrogen-bond acceptors (Lipinski definition) is 3. The van der Waals surface area contributed by atoms with E-state index in [1.807, 2.05) is 0 Å². The summed E-state index contributed by atoms with van der Waals surface area (Å²) in [5, 5.41) is 20.9. The number of aliphatic hydroxyl groups excluding tert-OH is 2. The van der Waals surface area contributed by atoms with Gasteiger partial charge < -0.3 is 10.2 Å². The molecule has 3 aromatic rings. The van der Waals surface area contributed by atoms with Gasteiger partial charge in [0, 0.05) is 18.5 Å². The first-order valence-electron chi connectivity index (χ1n) is 13.0. The van der Waals surface area contributed by atoms with Crippen LogP contribution in [0.15, 0.2) is 84.9 Å². The number of rotatable bonds is 9. The van der Waals surface area contributed by atoms with Crippen molar-refractivity contribution in [1.29, 1.82) is 0 Å². The van der Waals surface area contributed by atoms with Gasteiger partial charge in [-0.05, 0) is 59.1 Å². The summed E-state index contributed by atoms with van der Waals surface area (Å²) in [6.07, 6.45) is 4.65. The number of aliphatic hydroxyl groups is 2. The molecule has 0 bridgehead atoms. The Bertz CT molecular complexity index is 1040. The SMILES string of the molecule is CC(C)(CO)c1ccc(C(CCC(O)N2CCCCC2)=C(c2ccccc2)c2ccccc2)cc1. The van der Waals surface area contributed by atoms with Crippen LogP contribution in [0.2, 0.25) is 0 Å². The molecule has 1 saturated heterocycles. The first kappa shape index (κ1) is 25.4. The quantitative estimate of drug-likeness (QED) is 0.352. The standard InChI is InChI=1S/C32H39NO2/c1-32(2,24-34)28-18-16-25(17-19-28)29(20-21-30(35)33-22-10-5-11-23-33)31(26-12-6-3-7-13-26)27-14-8-4-9-15-27/h3-4,6-9,12-19,30,34-35H,5,10-11,20-24H2,1-2H3. The van der Waals surface area contributed by atoms with Crippen LogP contribution in [0.5, 0.6) is 0 Å². The molecular weight excluding hydrogens is 430 g/mol. The number of benzene rings is 3. The van der Waals surface area contributed by atoms with Crippen molar-refractivity contribution in [3.8, 4) is 0 Å². The highest BCUT2D eigenvalue weighted by Crippen LogP contribution is 2.36. The summed E-state index contributed by atoms with van der Waals surface area (Å²) in [4.78, 5) is 2.23. The van der Waals surface area contributed by atoms with Crippen LogP contribution >= 0.6 is 0 Å². The van der Waals surface area contributed by atoms with Gasteiger partial charge in [0.25, 0.3) is 0 Å². The molecule has 0 amide bonds. The Morgan fingerprint density at radius 3 is 1.83 bits per heavy atom. The lowest BCUT2D eigenvalue weighted by molar-refractivity contribution is -0.0121. The fraction of sp³-hybridized carbons (Fsp3) is 0.375. The van der Waals surface area contributed by atoms with Gasteiger partial charge in [0.05, 0.1) is 6.61 Å². The van der Waals surface area contributed by atoms with Gasteiger partial charge in [-0.2, -0.15) is 0 Å². The van der Waals surface area contributed by atoms with Gasteiger partial charge in [0.15, 0.2) is 0 Å². The summed E-state index contributed by atoms with van der Waals surface area (Å²) in [7, 11) is 0. The lowest BCUT2D eigenvalue weighted by Gasteiger charge is -2.31. The predicted octanol–water partition coefficient (Wildman–Crippen LogP) is 6.50. The van der Waals surface area contributed by atoms with Crippen LogP contribution < -0.4 is 0 Å². The van der Waals surface area contributed by atoms with Crippen LogP contribution in [0.4, 0.5) is 0 Å². The summed E-state index contributed by atoms with van der Waals surface area (Å²) < 4.78 is 0. The third-order valence-electron chi connectivity index (χ3n) is 7.30. The van der Waals surface area contributed by atoms with Gasteiger partial charge in [-0.1, -0.05) is 105 Å². The minimum Gasteiger partial charge on any atom is -0.395 e. The molecule has 1 atom stereocenters. The van der Waals surface area contributed by atoms with Crippen LogP contribution in [-0.4, -0.2) is 41.0 Å². The van der Waals surface area contributed by atoms with E-state index in [4.69, 9.17) is 0 Å². The van der Waals surface area contributed by atoms with E-state index in [1.54, 1.807) is 0 Å². The third kappa shape index (κ3) is 6.29. The molecule has 1 unspecified atom stereocenters.